The van der Waals surface area contributed by atoms with Crippen molar-refractivity contribution in [2.75, 3.05) is 41.6 Å². The van der Waals surface area contributed by atoms with Gasteiger partial charge in [-0.2, -0.15) is 4.98 Å². The second-order valence-electron chi connectivity index (χ2n) is 11.4. The Morgan fingerprint density at radius 1 is 1.11 bits per heavy atom. The van der Waals surface area contributed by atoms with E-state index < -0.39 is 22.0 Å². The topological polar surface area (TPSA) is 165 Å². The van der Waals surface area contributed by atoms with Crippen LogP contribution in [0.1, 0.15) is 41.0 Å². The van der Waals surface area contributed by atoms with Crippen LogP contribution in [0, 0.1) is 6.92 Å². The largest absolute Gasteiger partial charge is 0.467 e. The van der Waals surface area contributed by atoms with Crippen molar-refractivity contribution in [1.29, 1.82) is 0 Å². The van der Waals surface area contributed by atoms with Crippen molar-refractivity contribution in [3.63, 3.8) is 0 Å². The number of methoxy groups -OCH3 is 1. The molecule has 2 N–H and O–H groups in total. The average Bonchev–Trinajstić information content (AvgIpc) is 3.60. The van der Waals surface area contributed by atoms with E-state index in [0.29, 0.717) is 36.0 Å². The number of fused-ring (bicyclic) bond motifs is 3. The Kier molecular flexibility index (Phi) is 7.77. The molecular weight excluding hydrogens is 622 g/mol. The zero-order chi connectivity index (χ0) is 32.2. The van der Waals surface area contributed by atoms with Crippen molar-refractivity contribution >= 4 is 55.9 Å². The van der Waals surface area contributed by atoms with Crippen LogP contribution in [-0.2, 0) is 17.1 Å². The molecule has 2 unspecified atom stereocenters. The third-order valence-electron chi connectivity index (χ3n) is 8.12. The first-order valence-electron chi connectivity index (χ1n) is 14.2. The second-order valence-corrected chi connectivity index (χ2v) is 13.5. The first-order valence-corrected chi connectivity index (χ1v) is 16.5. The number of rotatable bonds is 8. The van der Waals surface area contributed by atoms with Crippen molar-refractivity contribution in [3.8, 4) is 6.01 Å². The molecule has 6 rings (SSSR count). The molecular formula is C29H32ClN9O5S. The monoisotopic (exact) mass is 653 g/mol. The van der Waals surface area contributed by atoms with E-state index in [4.69, 9.17) is 21.3 Å². The Morgan fingerprint density at radius 2 is 1.84 bits per heavy atom. The molecule has 2 bridgehead atoms. The highest BCUT2D eigenvalue weighted by Gasteiger charge is 2.45. The van der Waals surface area contributed by atoms with Crippen LogP contribution in [0.15, 0.2) is 41.3 Å². The molecule has 3 aromatic heterocycles. The predicted molar refractivity (Wildman–Crippen MR) is 171 cm³/mol. The quantitative estimate of drug-likeness (QED) is 0.267. The number of nitrogens with zero attached hydrogens (tertiary/aromatic N) is 7. The fourth-order valence-electron chi connectivity index (χ4n) is 6.16. The summed E-state index contributed by atoms with van der Waals surface area (Å²) in [7, 11) is -0.568. The minimum atomic E-state index is -3.84. The lowest BCUT2D eigenvalue weighted by Crippen LogP contribution is -2.48. The summed E-state index contributed by atoms with van der Waals surface area (Å²) in [5.74, 6) is 0.448. The highest BCUT2D eigenvalue weighted by atomic mass is 35.5. The Bertz CT molecular complexity index is 2000. The summed E-state index contributed by atoms with van der Waals surface area (Å²) in [5.41, 5.74) is 2.03. The highest BCUT2D eigenvalue weighted by Crippen LogP contribution is 2.37. The number of carbonyl (C=O) groups excluding carboxylic acids is 1. The van der Waals surface area contributed by atoms with Crippen LogP contribution < -0.4 is 30.1 Å². The molecule has 4 aromatic rings. The number of aryl methyl sites for hydroxylation is 1. The van der Waals surface area contributed by atoms with E-state index in [1.54, 1.807) is 23.9 Å². The van der Waals surface area contributed by atoms with Crippen LogP contribution in [0.2, 0.25) is 5.15 Å². The van der Waals surface area contributed by atoms with E-state index in [2.05, 4.69) is 30.1 Å². The first kappa shape index (κ1) is 30.5. The van der Waals surface area contributed by atoms with Crippen LogP contribution in [0.4, 0.5) is 17.5 Å². The maximum absolute atomic E-state index is 13.8. The lowest BCUT2D eigenvalue weighted by Gasteiger charge is -2.36. The number of benzene rings is 1. The van der Waals surface area contributed by atoms with Gasteiger partial charge in [-0.15, -0.1) is 0 Å². The maximum Gasteiger partial charge on any atom is 0.318 e. The summed E-state index contributed by atoms with van der Waals surface area (Å²) < 4.78 is 32.2. The number of aromatic nitrogens is 5. The smallest absolute Gasteiger partial charge is 0.318 e. The van der Waals surface area contributed by atoms with Gasteiger partial charge in [0.2, 0.25) is 16.0 Å². The highest BCUT2D eigenvalue weighted by molar-refractivity contribution is 7.89. The van der Waals surface area contributed by atoms with Gasteiger partial charge in [0.05, 0.1) is 48.1 Å². The average molecular weight is 654 g/mol. The van der Waals surface area contributed by atoms with Gasteiger partial charge in [-0.3, -0.25) is 14.2 Å². The number of pyridine rings is 1. The lowest BCUT2D eigenvalue weighted by atomic mass is 10.0. The summed E-state index contributed by atoms with van der Waals surface area (Å²) in [6.45, 7) is 5.13. The van der Waals surface area contributed by atoms with E-state index in [1.807, 2.05) is 36.8 Å². The zero-order valence-corrected chi connectivity index (χ0v) is 26.8. The summed E-state index contributed by atoms with van der Waals surface area (Å²) in [4.78, 5) is 48.7. The zero-order valence-electron chi connectivity index (χ0n) is 25.3. The molecule has 0 spiro atoms. The molecule has 2 saturated heterocycles. The maximum atomic E-state index is 13.8. The minimum Gasteiger partial charge on any atom is -0.467 e. The Balaban J connectivity index is 1.34. The predicted octanol–water partition coefficient (Wildman–Crippen LogP) is 2.42. The van der Waals surface area contributed by atoms with E-state index in [9.17, 15) is 18.0 Å². The Labute approximate surface area is 264 Å². The van der Waals surface area contributed by atoms with Crippen LogP contribution in [0.3, 0.4) is 0 Å². The summed E-state index contributed by atoms with van der Waals surface area (Å²) in [6.07, 6.45) is 3.45. The molecule has 0 saturated carbocycles. The fraction of sp³-hybridized carbons (Fsp3) is 0.379. The number of amides is 1. The van der Waals surface area contributed by atoms with E-state index in [1.165, 1.54) is 13.2 Å². The van der Waals surface area contributed by atoms with Gasteiger partial charge in [0, 0.05) is 31.9 Å². The third kappa shape index (κ3) is 5.84. The first-order chi connectivity index (χ1) is 21.3. The molecule has 2 aliphatic heterocycles. The standard InChI is InChI=1S/C29H32ClN9O5S/c1-15-10-19(16(2)32-21-6-7-22(30)33-25(21)26(40)36-45(5,42)43)24-20(11-15)27(41)37(3)29(35-24)39-14-17-12-18(39)13-38(17)23-8-9-31-28(34-23)44-4/h6-11,16-18,32H,12-14H2,1-5H3,(H,36,40)/t16-,17?,18?/m1/s1. The number of ether oxygens (including phenoxy) is 1. The summed E-state index contributed by atoms with van der Waals surface area (Å²) in [6, 6.07) is 8.82. The number of piperazine rings is 1. The van der Waals surface area contributed by atoms with Crippen LogP contribution >= 0.6 is 11.6 Å². The van der Waals surface area contributed by atoms with Crippen molar-refractivity contribution in [1.82, 2.24) is 29.2 Å². The lowest BCUT2D eigenvalue weighted by molar-refractivity contribution is 0.0977. The molecule has 2 fully saturated rings. The number of halogens is 1. The van der Waals surface area contributed by atoms with Gasteiger partial charge >= 0.3 is 6.01 Å². The molecule has 0 aliphatic carbocycles. The van der Waals surface area contributed by atoms with Gasteiger partial charge < -0.3 is 19.9 Å². The van der Waals surface area contributed by atoms with Gasteiger partial charge in [-0.1, -0.05) is 17.7 Å². The van der Waals surface area contributed by atoms with Gasteiger partial charge in [-0.25, -0.2) is 28.1 Å². The van der Waals surface area contributed by atoms with Crippen molar-refractivity contribution in [2.24, 2.45) is 7.05 Å². The summed E-state index contributed by atoms with van der Waals surface area (Å²) >= 11 is 6.05. The number of nitrogens with one attached hydrogen (secondary N) is 2. The van der Waals surface area contributed by atoms with Gasteiger partial charge in [0.1, 0.15) is 11.0 Å². The molecule has 236 valence electrons. The van der Waals surface area contributed by atoms with E-state index >= 15 is 0 Å². The molecule has 45 heavy (non-hydrogen) atoms. The van der Waals surface area contributed by atoms with Gasteiger partial charge in [0.15, 0.2) is 5.69 Å². The summed E-state index contributed by atoms with van der Waals surface area (Å²) in [5, 5.41) is 3.75. The minimum absolute atomic E-state index is 0.0278. The van der Waals surface area contributed by atoms with E-state index in [0.717, 1.165) is 29.6 Å². The van der Waals surface area contributed by atoms with Crippen LogP contribution in [0.25, 0.3) is 10.9 Å². The molecule has 2 aliphatic rings. The molecule has 5 heterocycles. The van der Waals surface area contributed by atoms with Crippen molar-refractivity contribution < 1.29 is 17.9 Å². The van der Waals surface area contributed by atoms with Crippen molar-refractivity contribution in [2.45, 2.75) is 38.4 Å². The number of carbonyl (C=O) groups is 1. The number of hydrogen-bond acceptors (Lipinski definition) is 12. The third-order valence-corrected chi connectivity index (χ3v) is 8.88. The second kappa shape index (κ2) is 11.5. The normalized spacial score (nSPS) is 18.4. The van der Waals surface area contributed by atoms with Crippen LogP contribution in [-0.4, -0.2) is 77.4 Å². The fourth-order valence-corrected chi connectivity index (χ4v) is 6.74. The van der Waals surface area contributed by atoms with E-state index in [-0.39, 0.29) is 34.2 Å². The number of hydrogen-bond donors (Lipinski definition) is 2. The molecule has 0 radical (unpaired) electrons. The molecule has 1 amide bonds. The van der Waals surface area contributed by atoms with Gasteiger partial charge in [0.25, 0.3) is 11.5 Å². The van der Waals surface area contributed by atoms with Crippen molar-refractivity contribution in [3.05, 3.63) is 68.9 Å². The molecule has 14 nitrogen and oxygen atoms in total. The SMILES string of the molecule is COc1nccc(N2CC3CC2CN3c2nc3c([C@@H](C)Nc4ccc(Cl)nc4C(=O)NS(C)(=O)=O)cc(C)cc3c(=O)n2C)n1. The Morgan fingerprint density at radius 3 is 2.53 bits per heavy atom. The number of sulfonamides is 1. The molecule has 3 atom stereocenters. The van der Waals surface area contributed by atoms with Crippen LogP contribution in [0.5, 0.6) is 6.01 Å². The van der Waals surface area contributed by atoms with Gasteiger partial charge in [-0.05, 0) is 50.1 Å². The molecule has 1 aromatic carbocycles. The number of anilines is 3. The molecule has 16 heteroatoms. The Hall–Kier alpha value is -4.50.